The van der Waals surface area contributed by atoms with Crippen LogP contribution in [0, 0.1) is 0 Å². The van der Waals surface area contributed by atoms with E-state index in [1.54, 1.807) is 11.8 Å². The lowest BCUT2D eigenvalue weighted by Crippen LogP contribution is -2.48. The molecule has 5 aromatic carbocycles. The number of hydrogen-bond donors (Lipinski definition) is 0. The van der Waals surface area contributed by atoms with Crippen molar-refractivity contribution in [2.75, 3.05) is 0 Å². The van der Waals surface area contributed by atoms with Gasteiger partial charge in [0, 0.05) is 27.9 Å². The maximum absolute atomic E-state index is 15.0. The topological polar surface area (TPSA) is 32.7 Å². The maximum Gasteiger partial charge on any atom is 0.345 e. The van der Waals surface area contributed by atoms with Gasteiger partial charge in [0.1, 0.15) is 5.04 Å². The van der Waals surface area contributed by atoms with Gasteiger partial charge in [-0.2, -0.15) is 4.99 Å². The summed E-state index contributed by atoms with van der Waals surface area (Å²) in [5.74, 6) is 0. The van der Waals surface area contributed by atoms with Gasteiger partial charge >= 0.3 is 6.03 Å². The monoisotopic (exact) mass is 716 g/mol. The summed E-state index contributed by atoms with van der Waals surface area (Å²) >= 11 is 1.73. The number of nitrogens with zero attached hydrogens (tertiary/aromatic N) is 2. The zero-order chi connectivity index (χ0) is 34.9. The minimum absolute atomic E-state index is 0.0256. The van der Waals surface area contributed by atoms with Crippen molar-refractivity contribution in [3.8, 4) is 11.1 Å². The Labute approximate surface area is 312 Å². The zero-order valence-electron chi connectivity index (χ0n) is 29.7. The summed E-state index contributed by atoms with van der Waals surface area (Å²) in [7, 11) is 0. The molecule has 260 valence electrons. The van der Waals surface area contributed by atoms with Gasteiger partial charge in [0.05, 0.1) is 0 Å². The van der Waals surface area contributed by atoms with Crippen molar-refractivity contribution in [1.82, 2.24) is 4.90 Å². The van der Waals surface area contributed by atoms with Gasteiger partial charge in [-0.3, -0.25) is 0 Å². The quantitative estimate of drug-likeness (QED) is 0.166. The van der Waals surface area contributed by atoms with E-state index in [4.69, 9.17) is 4.99 Å². The Kier molecular flexibility index (Phi) is 9.38. The van der Waals surface area contributed by atoms with E-state index in [0.717, 1.165) is 30.7 Å². The number of carbonyl (C=O) groups excluding carboxylic acids is 1. The first-order valence-electron chi connectivity index (χ1n) is 19.2. The van der Waals surface area contributed by atoms with Gasteiger partial charge in [-0.15, -0.1) is 0 Å². The highest BCUT2D eigenvalue weighted by Gasteiger charge is 2.44. The van der Waals surface area contributed by atoms with Gasteiger partial charge in [-0.1, -0.05) is 190 Å². The first-order chi connectivity index (χ1) is 25.7. The number of urea groups is 1. The number of fused-ring (bicyclic) bond motifs is 3. The predicted molar refractivity (Wildman–Crippen MR) is 224 cm³/mol. The Balaban J connectivity index is 1.37. The molecule has 5 heteroatoms. The standard InChI is InChI=1S/C47H45N2OPS/c50-47(49(34-20-6-1-7-21-34)35-22-8-2-9-23-35)48-46-44(45(52-46)43-41-32-18-16-30-39(41)40-31-17-19-33-42(40)43)51(36-24-10-3-11-25-36,37-26-12-4-13-27-37)38-28-14-5-15-29-38/h3-5,10-19,24-35H,1-2,6-9,20-23H2. The molecule has 5 aromatic rings. The molecule has 0 bridgehead atoms. The summed E-state index contributed by atoms with van der Waals surface area (Å²) in [5, 5.41) is 5.94. The lowest BCUT2D eigenvalue weighted by molar-refractivity contribution is 0.111. The number of thioether (sulfide) groups is 1. The summed E-state index contributed by atoms with van der Waals surface area (Å²) in [5.41, 5.74) is 6.32. The third kappa shape index (κ3) is 5.76. The van der Waals surface area contributed by atoms with E-state index in [1.807, 2.05) is 0 Å². The number of carbonyl (C=O) groups is 1. The van der Waals surface area contributed by atoms with E-state index in [1.165, 1.54) is 92.5 Å². The Morgan fingerprint density at radius 3 is 1.33 bits per heavy atom. The van der Waals surface area contributed by atoms with E-state index < -0.39 is 6.89 Å². The second-order valence-electron chi connectivity index (χ2n) is 14.6. The third-order valence-electron chi connectivity index (χ3n) is 11.6. The van der Waals surface area contributed by atoms with Crippen LogP contribution in [-0.4, -0.2) is 33.4 Å². The zero-order valence-corrected chi connectivity index (χ0v) is 31.4. The van der Waals surface area contributed by atoms with Gasteiger partial charge in [0.25, 0.3) is 0 Å². The fraction of sp³-hybridized carbons (Fsp3) is 0.255. The van der Waals surface area contributed by atoms with Gasteiger partial charge in [0.15, 0.2) is 0 Å². The van der Waals surface area contributed by atoms with Crippen molar-refractivity contribution in [2.24, 2.45) is 4.99 Å². The lowest BCUT2D eigenvalue weighted by atomic mass is 9.89. The summed E-state index contributed by atoms with van der Waals surface area (Å²) in [6.07, 6.45) is 11.7. The number of hydrogen-bond acceptors (Lipinski definition) is 2. The van der Waals surface area contributed by atoms with Crippen LogP contribution < -0.4 is 15.9 Å². The molecule has 2 amide bonds. The molecule has 0 atom stereocenters. The highest BCUT2D eigenvalue weighted by Crippen LogP contribution is 2.59. The molecule has 1 aliphatic heterocycles. The molecule has 0 N–H and O–H groups in total. The Bertz CT molecular complexity index is 2040. The van der Waals surface area contributed by atoms with E-state index in [-0.39, 0.29) is 18.1 Å². The van der Waals surface area contributed by atoms with Gasteiger partial charge < -0.3 is 4.90 Å². The van der Waals surface area contributed by atoms with Crippen molar-refractivity contribution < 1.29 is 4.79 Å². The smallest absolute Gasteiger partial charge is 0.317 e. The number of aliphatic imine (C=N–C) groups is 1. The Hall–Kier alpha value is -4.37. The van der Waals surface area contributed by atoms with Crippen molar-refractivity contribution in [1.29, 1.82) is 0 Å². The van der Waals surface area contributed by atoms with Crippen LogP contribution in [0.15, 0.2) is 149 Å². The van der Waals surface area contributed by atoms with Crippen LogP contribution in [0.2, 0.25) is 0 Å². The highest BCUT2D eigenvalue weighted by atomic mass is 32.2. The molecular weight excluding hydrogens is 672 g/mol. The molecular formula is C47H45N2OPS. The minimum atomic E-state index is -2.56. The van der Waals surface area contributed by atoms with Crippen LogP contribution >= 0.6 is 18.6 Å². The van der Waals surface area contributed by atoms with E-state index in [0.29, 0.717) is 0 Å². The Morgan fingerprint density at radius 2 is 0.904 bits per heavy atom. The number of allylic oxidation sites excluding steroid dienone is 1. The lowest BCUT2D eigenvalue weighted by Gasteiger charge is -2.42. The van der Waals surface area contributed by atoms with Crippen LogP contribution in [0.5, 0.6) is 0 Å². The molecule has 1 heterocycles. The second-order valence-corrected chi connectivity index (χ2v) is 19.0. The van der Waals surface area contributed by atoms with Crippen molar-refractivity contribution in [3.05, 3.63) is 156 Å². The molecule has 3 fully saturated rings. The summed E-state index contributed by atoms with van der Waals surface area (Å²) < 4.78 is 0. The molecule has 52 heavy (non-hydrogen) atoms. The van der Waals surface area contributed by atoms with Crippen LogP contribution in [0.3, 0.4) is 0 Å². The van der Waals surface area contributed by atoms with Crippen LogP contribution in [-0.2, 0) is 0 Å². The molecule has 4 aliphatic rings. The summed E-state index contributed by atoms with van der Waals surface area (Å²) in [6, 6.07) is 51.4. The third-order valence-corrected chi connectivity index (χ3v) is 17.4. The average Bonchev–Trinajstić information content (AvgIpc) is 3.54. The predicted octanol–water partition coefficient (Wildman–Crippen LogP) is 10.8. The highest BCUT2D eigenvalue weighted by molar-refractivity contribution is 8.28. The van der Waals surface area contributed by atoms with E-state index in [9.17, 15) is 4.79 Å². The molecule has 0 aromatic heterocycles. The fourth-order valence-electron chi connectivity index (χ4n) is 9.31. The molecule has 3 aliphatic carbocycles. The normalized spacial score (nSPS) is 18.5. The molecule has 3 nitrogen and oxygen atoms in total. The molecule has 2 saturated carbocycles. The number of benzene rings is 5. The molecule has 0 radical (unpaired) electrons. The van der Waals surface area contributed by atoms with Gasteiger partial charge in [-0.05, 0) is 70.7 Å². The van der Waals surface area contributed by atoms with E-state index >= 15 is 0 Å². The van der Waals surface area contributed by atoms with E-state index in [2.05, 4.69) is 144 Å². The Morgan fingerprint density at radius 1 is 0.519 bits per heavy atom. The fourth-order valence-corrected chi connectivity index (χ4v) is 15.6. The summed E-state index contributed by atoms with van der Waals surface area (Å²) in [4.78, 5) is 23.8. The second kappa shape index (κ2) is 14.6. The molecule has 0 spiro atoms. The average molecular weight is 717 g/mol. The van der Waals surface area contributed by atoms with Crippen molar-refractivity contribution in [2.45, 2.75) is 76.3 Å². The minimum Gasteiger partial charge on any atom is -0.317 e. The van der Waals surface area contributed by atoms with Crippen LogP contribution in [0.25, 0.3) is 16.7 Å². The molecule has 0 unspecified atom stereocenters. The van der Waals surface area contributed by atoms with Crippen molar-refractivity contribution >= 4 is 56.5 Å². The molecule has 1 saturated heterocycles. The van der Waals surface area contributed by atoms with Crippen molar-refractivity contribution in [3.63, 3.8) is 0 Å². The number of rotatable bonds is 5. The SMILES string of the molecule is O=C(N=C1SC(=C2c3ccccc3-c3ccccc32)C1=P(c1ccccc1)(c1ccccc1)c1ccccc1)N(C1CCCCC1)C1CCCCC1. The van der Waals surface area contributed by atoms with Crippen LogP contribution in [0.1, 0.15) is 75.3 Å². The van der Waals surface area contributed by atoms with Crippen LogP contribution in [0.4, 0.5) is 4.79 Å². The summed E-state index contributed by atoms with van der Waals surface area (Å²) in [6.45, 7) is -2.56. The first-order valence-corrected chi connectivity index (χ1v) is 21.8. The molecule has 9 rings (SSSR count). The van der Waals surface area contributed by atoms with Gasteiger partial charge in [-0.25, -0.2) is 4.79 Å². The first kappa shape index (κ1) is 33.5. The van der Waals surface area contributed by atoms with Gasteiger partial charge in [0.2, 0.25) is 0 Å². The maximum atomic E-state index is 15.0. The number of amides is 2. The largest absolute Gasteiger partial charge is 0.345 e.